The molecular formula is C18H13BrFN2O+. The molecule has 0 amide bonds. The molecule has 0 aliphatic rings. The summed E-state index contributed by atoms with van der Waals surface area (Å²) in [6.45, 7) is 0.221. The van der Waals surface area contributed by atoms with Gasteiger partial charge in [-0.25, -0.2) is 8.96 Å². The summed E-state index contributed by atoms with van der Waals surface area (Å²) in [5, 5.41) is 0. The standard InChI is InChI=1S/C18H13BrFN2O/c19-15-5-1-14(2-6-15)18(23)11-22-10-9-17(21-12-22)13-3-7-16(20)8-4-13/h1-10,12H,11H2/q+1. The predicted octanol–water partition coefficient (Wildman–Crippen LogP) is 3.82. The summed E-state index contributed by atoms with van der Waals surface area (Å²) in [7, 11) is 0. The van der Waals surface area contributed by atoms with Crippen molar-refractivity contribution in [2.24, 2.45) is 0 Å². The molecular weight excluding hydrogens is 359 g/mol. The fraction of sp³-hybridized carbons (Fsp3) is 0.0556. The second kappa shape index (κ2) is 6.79. The molecule has 0 fully saturated rings. The lowest BCUT2D eigenvalue weighted by Gasteiger charge is -2.01. The first kappa shape index (κ1) is 15.5. The molecule has 2 aromatic carbocycles. The van der Waals surface area contributed by atoms with Gasteiger partial charge in [0.25, 0.3) is 6.33 Å². The highest BCUT2D eigenvalue weighted by molar-refractivity contribution is 9.10. The Morgan fingerprint density at radius 2 is 1.74 bits per heavy atom. The Hall–Kier alpha value is -2.40. The Labute approximate surface area is 141 Å². The van der Waals surface area contributed by atoms with Crippen molar-refractivity contribution in [1.29, 1.82) is 0 Å². The average Bonchev–Trinajstić information content (AvgIpc) is 2.57. The van der Waals surface area contributed by atoms with E-state index in [9.17, 15) is 9.18 Å². The third-order valence-electron chi connectivity index (χ3n) is 3.40. The summed E-state index contributed by atoms with van der Waals surface area (Å²) >= 11 is 3.35. The number of hydrogen-bond acceptors (Lipinski definition) is 2. The van der Waals surface area contributed by atoms with Crippen molar-refractivity contribution in [3.8, 4) is 11.3 Å². The molecule has 0 bridgehead atoms. The number of benzene rings is 2. The van der Waals surface area contributed by atoms with Crippen LogP contribution in [0.25, 0.3) is 11.3 Å². The Kier molecular flexibility index (Phi) is 4.57. The number of carbonyl (C=O) groups excluding carboxylic acids is 1. The van der Waals surface area contributed by atoms with E-state index < -0.39 is 0 Å². The lowest BCUT2D eigenvalue weighted by Crippen LogP contribution is -2.37. The molecule has 0 aliphatic carbocycles. The van der Waals surface area contributed by atoms with Crippen LogP contribution in [0.15, 0.2) is 71.6 Å². The van der Waals surface area contributed by atoms with Crippen LogP contribution < -0.4 is 4.57 Å². The van der Waals surface area contributed by atoms with Gasteiger partial charge in [0.05, 0.1) is 6.20 Å². The molecule has 0 aliphatic heterocycles. The molecule has 0 N–H and O–H groups in total. The van der Waals surface area contributed by atoms with Crippen molar-refractivity contribution in [2.75, 3.05) is 0 Å². The summed E-state index contributed by atoms with van der Waals surface area (Å²) < 4.78 is 15.6. The zero-order chi connectivity index (χ0) is 16.2. The summed E-state index contributed by atoms with van der Waals surface area (Å²) in [5.74, 6) is -0.265. The first-order valence-corrected chi connectivity index (χ1v) is 7.81. The van der Waals surface area contributed by atoms with E-state index in [0.29, 0.717) is 5.56 Å². The van der Waals surface area contributed by atoms with E-state index in [1.165, 1.54) is 12.1 Å². The first-order chi connectivity index (χ1) is 11.1. The van der Waals surface area contributed by atoms with Gasteiger partial charge in [-0.15, -0.1) is 0 Å². The summed E-state index contributed by atoms with van der Waals surface area (Å²) in [6, 6.07) is 15.2. The molecule has 114 valence electrons. The molecule has 0 atom stereocenters. The molecule has 3 nitrogen and oxygen atoms in total. The molecule has 5 heteroatoms. The summed E-state index contributed by atoms with van der Waals surface area (Å²) in [4.78, 5) is 16.5. The maximum absolute atomic E-state index is 12.9. The molecule has 1 aromatic heterocycles. The molecule has 1 heterocycles. The van der Waals surface area contributed by atoms with E-state index in [1.54, 1.807) is 41.4 Å². The number of rotatable bonds is 4. The summed E-state index contributed by atoms with van der Waals surface area (Å²) in [6.07, 6.45) is 3.40. The minimum absolute atomic E-state index is 0.0128. The fourth-order valence-electron chi connectivity index (χ4n) is 2.16. The van der Waals surface area contributed by atoms with Crippen molar-refractivity contribution in [3.05, 3.63) is 83.0 Å². The fourth-order valence-corrected chi connectivity index (χ4v) is 2.43. The number of carbonyl (C=O) groups is 1. The molecule has 0 saturated heterocycles. The molecule has 3 rings (SSSR count). The van der Waals surface area contributed by atoms with Crippen LogP contribution in [-0.2, 0) is 6.54 Å². The maximum atomic E-state index is 12.9. The van der Waals surface area contributed by atoms with Gasteiger partial charge in [0.1, 0.15) is 5.82 Å². The molecule has 0 unspecified atom stereocenters. The second-order valence-electron chi connectivity index (χ2n) is 5.05. The van der Waals surface area contributed by atoms with Gasteiger partial charge in [-0.3, -0.25) is 4.79 Å². The van der Waals surface area contributed by atoms with Crippen molar-refractivity contribution in [3.63, 3.8) is 0 Å². The first-order valence-electron chi connectivity index (χ1n) is 7.01. The topological polar surface area (TPSA) is 33.8 Å². The molecule has 3 aromatic rings. The van der Waals surface area contributed by atoms with Gasteiger partial charge in [0.15, 0.2) is 12.2 Å². The number of hydrogen-bond donors (Lipinski definition) is 0. The molecule has 0 saturated carbocycles. The highest BCUT2D eigenvalue weighted by atomic mass is 79.9. The van der Waals surface area contributed by atoms with Gasteiger partial charge in [-0.2, -0.15) is 0 Å². The van der Waals surface area contributed by atoms with Crippen LogP contribution >= 0.6 is 15.9 Å². The largest absolute Gasteiger partial charge is 0.290 e. The van der Waals surface area contributed by atoms with Gasteiger partial charge in [-0.1, -0.05) is 28.1 Å². The van der Waals surface area contributed by atoms with Crippen LogP contribution in [0.4, 0.5) is 4.39 Å². The van der Waals surface area contributed by atoms with Gasteiger partial charge < -0.3 is 0 Å². The highest BCUT2D eigenvalue weighted by Crippen LogP contribution is 2.15. The van der Waals surface area contributed by atoms with E-state index in [2.05, 4.69) is 20.9 Å². The minimum Gasteiger partial charge on any atom is -0.290 e. The molecule has 23 heavy (non-hydrogen) atoms. The SMILES string of the molecule is O=C(C[n+]1ccc(-c2ccc(F)cc2)nc1)c1ccc(Br)cc1. The van der Waals surface area contributed by atoms with E-state index >= 15 is 0 Å². The number of ketones is 1. The van der Waals surface area contributed by atoms with Crippen LogP contribution in [-0.4, -0.2) is 10.8 Å². The number of halogens is 2. The lowest BCUT2D eigenvalue weighted by atomic mass is 10.1. The van der Waals surface area contributed by atoms with Gasteiger partial charge >= 0.3 is 0 Å². The molecule has 0 spiro atoms. The minimum atomic E-state index is -0.278. The van der Waals surface area contributed by atoms with Crippen molar-refractivity contribution < 1.29 is 13.8 Å². The predicted molar refractivity (Wildman–Crippen MR) is 88.3 cm³/mol. The van der Waals surface area contributed by atoms with Crippen molar-refractivity contribution in [1.82, 2.24) is 4.98 Å². The normalized spacial score (nSPS) is 10.5. The van der Waals surface area contributed by atoms with E-state index in [0.717, 1.165) is 15.7 Å². The van der Waals surface area contributed by atoms with Gasteiger partial charge in [-0.05, 0) is 41.4 Å². The van der Waals surface area contributed by atoms with E-state index in [-0.39, 0.29) is 18.1 Å². The highest BCUT2D eigenvalue weighted by Gasteiger charge is 2.11. The van der Waals surface area contributed by atoms with Crippen LogP contribution in [0.2, 0.25) is 0 Å². The quantitative estimate of drug-likeness (QED) is 0.516. The number of nitrogens with zero attached hydrogens (tertiary/aromatic N) is 2. The Morgan fingerprint density at radius 3 is 2.35 bits per heavy atom. The van der Waals surface area contributed by atoms with Crippen molar-refractivity contribution >= 4 is 21.7 Å². The summed E-state index contributed by atoms with van der Waals surface area (Å²) in [5.41, 5.74) is 2.22. The van der Waals surface area contributed by atoms with E-state index in [4.69, 9.17) is 0 Å². The van der Waals surface area contributed by atoms with Gasteiger partial charge in [0, 0.05) is 21.7 Å². The third-order valence-corrected chi connectivity index (χ3v) is 3.93. The third kappa shape index (κ3) is 3.87. The Balaban J connectivity index is 1.73. The smallest absolute Gasteiger partial charge is 0.287 e. The second-order valence-corrected chi connectivity index (χ2v) is 5.97. The van der Waals surface area contributed by atoms with Crippen LogP contribution in [0.1, 0.15) is 10.4 Å². The van der Waals surface area contributed by atoms with Crippen LogP contribution in [0, 0.1) is 5.82 Å². The number of Topliss-reactive ketones (excluding diaryl/α,β-unsaturated/α-hetero) is 1. The molecule has 0 radical (unpaired) electrons. The Morgan fingerprint density at radius 1 is 1.04 bits per heavy atom. The van der Waals surface area contributed by atoms with E-state index in [1.807, 2.05) is 18.2 Å². The number of aromatic nitrogens is 2. The van der Waals surface area contributed by atoms with Crippen molar-refractivity contribution in [2.45, 2.75) is 6.54 Å². The lowest BCUT2D eigenvalue weighted by molar-refractivity contribution is -0.686. The maximum Gasteiger partial charge on any atom is 0.287 e. The zero-order valence-electron chi connectivity index (χ0n) is 12.1. The zero-order valence-corrected chi connectivity index (χ0v) is 13.7. The van der Waals surface area contributed by atoms with Crippen LogP contribution in [0.3, 0.4) is 0 Å². The van der Waals surface area contributed by atoms with Gasteiger partial charge in [0.2, 0.25) is 5.78 Å². The Bertz CT molecular complexity index is 815. The van der Waals surface area contributed by atoms with Crippen LogP contribution in [0.5, 0.6) is 0 Å². The monoisotopic (exact) mass is 371 g/mol. The average molecular weight is 372 g/mol.